The summed E-state index contributed by atoms with van der Waals surface area (Å²) in [6.45, 7) is 1.55. The summed E-state index contributed by atoms with van der Waals surface area (Å²) in [6.07, 6.45) is 1.76. The van der Waals surface area contributed by atoms with Gasteiger partial charge in [-0.3, -0.25) is 0 Å². The quantitative estimate of drug-likeness (QED) is 0.853. The van der Waals surface area contributed by atoms with Gasteiger partial charge in [-0.05, 0) is 35.8 Å². The lowest BCUT2D eigenvalue weighted by Gasteiger charge is -2.32. The van der Waals surface area contributed by atoms with Gasteiger partial charge in [0.1, 0.15) is 34.3 Å². The molecule has 0 radical (unpaired) electrons. The molecule has 1 saturated heterocycles. The van der Waals surface area contributed by atoms with Gasteiger partial charge in [-0.15, -0.1) is 0 Å². The zero-order valence-corrected chi connectivity index (χ0v) is 13.2. The van der Waals surface area contributed by atoms with Gasteiger partial charge in [-0.25, -0.2) is 4.39 Å². The van der Waals surface area contributed by atoms with Gasteiger partial charge in [0.05, 0.1) is 0 Å². The standard InChI is InChI=1S/C15H13ClFN3OS/c16-14-13(9-18)15(22-19-14)20-7-5-12(6-8-20)21-11-3-1-10(17)2-4-11/h1-4,12H,5-8H2. The highest BCUT2D eigenvalue weighted by Gasteiger charge is 2.25. The number of anilines is 1. The van der Waals surface area contributed by atoms with Crippen molar-refractivity contribution in [3.63, 3.8) is 0 Å². The molecular formula is C15H13ClFN3OS. The van der Waals surface area contributed by atoms with E-state index in [1.54, 1.807) is 12.1 Å². The molecule has 0 aliphatic carbocycles. The average Bonchev–Trinajstić information content (AvgIpc) is 2.91. The summed E-state index contributed by atoms with van der Waals surface area (Å²) in [5.41, 5.74) is 0.449. The van der Waals surface area contributed by atoms with E-state index in [2.05, 4.69) is 15.3 Å². The predicted octanol–water partition coefficient (Wildman–Crippen LogP) is 3.86. The number of ether oxygens (including phenoxy) is 1. The van der Waals surface area contributed by atoms with Crippen LogP contribution < -0.4 is 9.64 Å². The maximum Gasteiger partial charge on any atom is 0.162 e. The Kier molecular flexibility index (Phi) is 4.46. The molecule has 1 aliphatic heterocycles. The van der Waals surface area contributed by atoms with Crippen LogP contribution in [-0.4, -0.2) is 23.6 Å². The fourth-order valence-electron chi connectivity index (χ4n) is 2.45. The van der Waals surface area contributed by atoms with Gasteiger partial charge >= 0.3 is 0 Å². The van der Waals surface area contributed by atoms with Gasteiger partial charge < -0.3 is 9.64 Å². The van der Waals surface area contributed by atoms with Crippen molar-refractivity contribution in [2.45, 2.75) is 18.9 Å². The van der Waals surface area contributed by atoms with E-state index in [1.807, 2.05) is 0 Å². The lowest BCUT2D eigenvalue weighted by molar-refractivity contribution is 0.171. The summed E-state index contributed by atoms with van der Waals surface area (Å²) in [5.74, 6) is 0.409. The van der Waals surface area contributed by atoms with Gasteiger partial charge in [0.2, 0.25) is 0 Å². The second-order valence-electron chi connectivity index (χ2n) is 5.02. The summed E-state index contributed by atoms with van der Waals surface area (Å²) in [6, 6.07) is 8.16. The van der Waals surface area contributed by atoms with Crippen LogP contribution in [0, 0.1) is 17.1 Å². The second kappa shape index (κ2) is 6.51. The Morgan fingerprint density at radius 2 is 2.00 bits per heavy atom. The highest BCUT2D eigenvalue weighted by molar-refractivity contribution is 7.10. The number of aromatic nitrogens is 1. The van der Waals surface area contributed by atoms with Crippen molar-refractivity contribution >= 4 is 28.1 Å². The summed E-state index contributed by atoms with van der Waals surface area (Å²) < 4.78 is 22.8. The normalized spacial score (nSPS) is 15.6. The Balaban J connectivity index is 1.60. The molecule has 1 aromatic heterocycles. The smallest absolute Gasteiger partial charge is 0.162 e. The first-order valence-corrected chi connectivity index (χ1v) is 8.05. The van der Waals surface area contributed by atoms with E-state index in [9.17, 15) is 4.39 Å². The molecular weight excluding hydrogens is 325 g/mol. The number of halogens is 2. The molecule has 0 atom stereocenters. The topological polar surface area (TPSA) is 49.2 Å². The summed E-state index contributed by atoms with van der Waals surface area (Å²) in [5, 5.41) is 10.2. The van der Waals surface area contributed by atoms with Gasteiger partial charge in [-0.1, -0.05) is 11.6 Å². The molecule has 1 aliphatic rings. The molecule has 0 saturated carbocycles. The van der Waals surface area contributed by atoms with E-state index in [-0.39, 0.29) is 17.1 Å². The Morgan fingerprint density at radius 1 is 1.32 bits per heavy atom. The molecule has 114 valence electrons. The van der Waals surface area contributed by atoms with Crippen LogP contribution in [0.3, 0.4) is 0 Å². The average molecular weight is 338 g/mol. The fourth-order valence-corrected chi connectivity index (χ4v) is 3.54. The molecule has 0 bridgehead atoms. The van der Waals surface area contributed by atoms with Gasteiger partial charge in [0, 0.05) is 25.9 Å². The number of hydrogen-bond donors (Lipinski definition) is 0. The zero-order valence-electron chi connectivity index (χ0n) is 11.6. The summed E-state index contributed by atoms with van der Waals surface area (Å²) in [4.78, 5) is 2.12. The molecule has 22 heavy (non-hydrogen) atoms. The lowest BCUT2D eigenvalue weighted by atomic mass is 10.1. The third kappa shape index (κ3) is 3.16. The summed E-state index contributed by atoms with van der Waals surface area (Å²) in [7, 11) is 0. The van der Waals surface area contributed by atoms with Crippen LogP contribution in [0.4, 0.5) is 9.39 Å². The van der Waals surface area contributed by atoms with Crippen LogP contribution >= 0.6 is 23.1 Å². The Labute approximate surface area is 136 Å². The lowest BCUT2D eigenvalue weighted by Crippen LogP contribution is -2.38. The number of piperidine rings is 1. The molecule has 3 rings (SSSR count). The SMILES string of the molecule is N#Cc1c(Cl)nsc1N1CCC(Oc2ccc(F)cc2)CC1. The van der Waals surface area contributed by atoms with Crippen molar-refractivity contribution in [1.82, 2.24) is 4.37 Å². The van der Waals surface area contributed by atoms with Gasteiger partial charge in [0.25, 0.3) is 0 Å². The zero-order chi connectivity index (χ0) is 15.5. The molecule has 0 N–H and O–H groups in total. The minimum atomic E-state index is -0.270. The highest BCUT2D eigenvalue weighted by Crippen LogP contribution is 2.33. The Hall–Kier alpha value is -1.84. The molecule has 0 spiro atoms. The molecule has 1 fully saturated rings. The molecule has 2 heterocycles. The largest absolute Gasteiger partial charge is 0.490 e. The first-order valence-electron chi connectivity index (χ1n) is 6.90. The minimum Gasteiger partial charge on any atom is -0.490 e. The van der Waals surface area contributed by atoms with E-state index in [0.717, 1.165) is 30.9 Å². The van der Waals surface area contributed by atoms with Crippen molar-refractivity contribution in [3.05, 3.63) is 40.8 Å². The molecule has 1 aromatic carbocycles. The van der Waals surface area contributed by atoms with Crippen LogP contribution in [0.15, 0.2) is 24.3 Å². The number of rotatable bonds is 3. The summed E-state index contributed by atoms with van der Waals surface area (Å²) >= 11 is 7.16. The number of hydrogen-bond acceptors (Lipinski definition) is 5. The van der Waals surface area contributed by atoms with E-state index >= 15 is 0 Å². The van der Waals surface area contributed by atoms with Crippen LogP contribution in [0.25, 0.3) is 0 Å². The van der Waals surface area contributed by atoms with Crippen LogP contribution in [0.2, 0.25) is 5.15 Å². The van der Waals surface area contributed by atoms with Crippen LogP contribution in [-0.2, 0) is 0 Å². The number of benzene rings is 1. The van der Waals surface area contributed by atoms with Crippen molar-refractivity contribution in [2.24, 2.45) is 0 Å². The maximum absolute atomic E-state index is 12.9. The van der Waals surface area contributed by atoms with E-state index in [0.29, 0.717) is 11.3 Å². The molecule has 0 unspecified atom stereocenters. The van der Waals surface area contributed by atoms with Gasteiger partial charge in [-0.2, -0.15) is 9.64 Å². The second-order valence-corrected chi connectivity index (χ2v) is 6.13. The van der Waals surface area contributed by atoms with Crippen molar-refractivity contribution < 1.29 is 9.13 Å². The number of nitriles is 1. The molecule has 4 nitrogen and oxygen atoms in total. The third-order valence-corrected chi connectivity index (χ3v) is 4.87. The molecule has 0 amide bonds. The Morgan fingerprint density at radius 3 is 2.64 bits per heavy atom. The number of nitrogens with zero attached hydrogens (tertiary/aromatic N) is 3. The van der Waals surface area contributed by atoms with Crippen LogP contribution in [0.1, 0.15) is 18.4 Å². The van der Waals surface area contributed by atoms with Crippen molar-refractivity contribution in [2.75, 3.05) is 18.0 Å². The Bertz CT molecular complexity index is 690. The highest BCUT2D eigenvalue weighted by atomic mass is 35.5. The predicted molar refractivity (Wildman–Crippen MR) is 84.1 cm³/mol. The van der Waals surface area contributed by atoms with Crippen LogP contribution in [0.5, 0.6) is 5.75 Å². The first kappa shape index (κ1) is 15.1. The van der Waals surface area contributed by atoms with E-state index < -0.39 is 0 Å². The monoisotopic (exact) mass is 337 g/mol. The third-order valence-electron chi connectivity index (χ3n) is 3.59. The minimum absolute atomic E-state index is 0.0932. The maximum atomic E-state index is 12.9. The fraction of sp³-hybridized carbons (Fsp3) is 0.333. The first-order chi connectivity index (χ1) is 10.7. The molecule has 7 heteroatoms. The molecule has 2 aromatic rings. The van der Waals surface area contributed by atoms with Crippen molar-refractivity contribution in [1.29, 1.82) is 5.26 Å². The van der Waals surface area contributed by atoms with E-state index in [1.165, 1.54) is 23.7 Å². The van der Waals surface area contributed by atoms with E-state index in [4.69, 9.17) is 21.6 Å². The van der Waals surface area contributed by atoms with Crippen molar-refractivity contribution in [3.8, 4) is 11.8 Å². The van der Waals surface area contributed by atoms with Gasteiger partial charge in [0.15, 0.2) is 5.15 Å².